The maximum Gasteiger partial charge on any atom is 0.343 e. The van der Waals surface area contributed by atoms with Crippen molar-refractivity contribution in [2.45, 2.75) is 0 Å². The van der Waals surface area contributed by atoms with Crippen molar-refractivity contribution in [3.05, 3.63) is 107 Å². The number of nitrogens with one attached hydrogen (secondary N) is 1. The summed E-state index contributed by atoms with van der Waals surface area (Å²) >= 11 is 0. The maximum absolute atomic E-state index is 13.8. The topological polar surface area (TPSA) is 77.0 Å². The van der Waals surface area contributed by atoms with Crippen molar-refractivity contribution < 1.29 is 23.5 Å². The zero-order valence-electron chi connectivity index (χ0n) is 17.6. The molecule has 1 amide bonds. The first kappa shape index (κ1) is 21.7. The normalized spacial score (nSPS) is 10.8. The second kappa shape index (κ2) is 9.74. The molecule has 0 radical (unpaired) electrons. The molecule has 4 rings (SSSR count). The highest BCUT2D eigenvalue weighted by Crippen LogP contribution is 2.27. The van der Waals surface area contributed by atoms with Crippen molar-refractivity contribution in [3.8, 4) is 11.5 Å². The van der Waals surface area contributed by atoms with Crippen LogP contribution in [-0.4, -0.2) is 25.2 Å². The number of carbonyl (C=O) groups is 2. The second-order valence-corrected chi connectivity index (χ2v) is 7.00. The first-order chi connectivity index (χ1) is 16.1. The molecule has 0 aliphatic rings. The van der Waals surface area contributed by atoms with E-state index in [2.05, 4.69) is 10.5 Å². The van der Waals surface area contributed by atoms with Gasteiger partial charge in [-0.25, -0.2) is 14.6 Å². The number of rotatable bonds is 6. The molecule has 4 aromatic carbocycles. The van der Waals surface area contributed by atoms with Crippen LogP contribution < -0.4 is 14.9 Å². The molecule has 0 heterocycles. The average Bonchev–Trinajstić information content (AvgIpc) is 2.85. The Hall–Kier alpha value is -4.52. The van der Waals surface area contributed by atoms with Crippen molar-refractivity contribution in [2.24, 2.45) is 5.10 Å². The lowest BCUT2D eigenvalue weighted by Crippen LogP contribution is -2.19. The van der Waals surface area contributed by atoms with E-state index in [-0.39, 0.29) is 11.3 Å². The first-order valence-electron chi connectivity index (χ1n) is 10.0. The van der Waals surface area contributed by atoms with Crippen molar-refractivity contribution in [1.82, 2.24) is 5.43 Å². The fourth-order valence-electron chi connectivity index (χ4n) is 3.24. The van der Waals surface area contributed by atoms with Gasteiger partial charge in [-0.15, -0.1) is 0 Å². The largest absolute Gasteiger partial charge is 0.497 e. The van der Waals surface area contributed by atoms with Gasteiger partial charge in [0.1, 0.15) is 17.3 Å². The Labute approximate surface area is 189 Å². The summed E-state index contributed by atoms with van der Waals surface area (Å²) in [4.78, 5) is 24.9. The monoisotopic (exact) mass is 442 g/mol. The number of fused-ring (bicyclic) bond motifs is 1. The van der Waals surface area contributed by atoms with Gasteiger partial charge in [-0.1, -0.05) is 42.5 Å². The van der Waals surface area contributed by atoms with Crippen molar-refractivity contribution in [2.75, 3.05) is 7.11 Å². The Bertz CT molecular complexity index is 1350. The molecule has 33 heavy (non-hydrogen) atoms. The van der Waals surface area contributed by atoms with Crippen LogP contribution in [0, 0.1) is 5.82 Å². The van der Waals surface area contributed by atoms with Gasteiger partial charge in [-0.3, -0.25) is 4.79 Å². The van der Waals surface area contributed by atoms with E-state index in [0.29, 0.717) is 16.9 Å². The summed E-state index contributed by atoms with van der Waals surface area (Å²) in [5, 5.41) is 5.63. The summed E-state index contributed by atoms with van der Waals surface area (Å²) in [6.45, 7) is 0. The number of nitrogens with zero attached hydrogens (tertiary/aromatic N) is 1. The predicted octanol–water partition coefficient (Wildman–Crippen LogP) is 4.97. The van der Waals surface area contributed by atoms with Gasteiger partial charge in [0.2, 0.25) is 0 Å². The number of hydrogen-bond donors (Lipinski definition) is 1. The zero-order chi connectivity index (χ0) is 23.2. The molecule has 0 saturated heterocycles. The standard InChI is InChI=1S/C26H19FN2O4/c1-32-19-13-10-18(11-14-19)26(31)33-24-15-12-17-6-2-3-7-20(17)22(24)16-28-29-25(30)21-8-4-5-9-23(21)27/h2-16H,1H3,(H,29,30)/b28-16-. The fraction of sp³-hybridized carbons (Fsp3) is 0.0385. The molecule has 0 aromatic heterocycles. The highest BCUT2D eigenvalue weighted by molar-refractivity contribution is 6.04. The summed E-state index contributed by atoms with van der Waals surface area (Å²) in [6, 6.07) is 23.1. The quantitative estimate of drug-likeness (QED) is 0.198. The third kappa shape index (κ3) is 4.88. The Morgan fingerprint density at radius 2 is 1.64 bits per heavy atom. The molecular weight excluding hydrogens is 423 g/mol. The molecule has 0 unspecified atom stereocenters. The number of methoxy groups -OCH3 is 1. The van der Waals surface area contributed by atoms with E-state index >= 15 is 0 Å². The minimum absolute atomic E-state index is 0.126. The van der Waals surface area contributed by atoms with Crippen LogP contribution in [0.2, 0.25) is 0 Å². The number of halogens is 1. The van der Waals surface area contributed by atoms with E-state index in [1.54, 1.807) is 43.5 Å². The third-order valence-corrected chi connectivity index (χ3v) is 4.94. The molecule has 0 aliphatic heterocycles. The lowest BCUT2D eigenvalue weighted by atomic mass is 10.0. The molecule has 0 saturated carbocycles. The van der Waals surface area contributed by atoms with Gasteiger partial charge in [0.15, 0.2) is 0 Å². The van der Waals surface area contributed by atoms with Crippen LogP contribution in [-0.2, 0) is 0 Å². The lowest BCUT2D eigenvalue weighted by molar-refractivity contribution is 0.0734. The zero-order valence-corrected chi connectivity index (χ0v) is 17.6. The van der Waals surface area contributed by atoms with Crippen LogP contribution in [0.15, 0.2) is 90.0 Å². The number of hydrazone groups is 1. The summed E-state index contributed by atoms with van der Waals surface area (Å²) in [6.07, 6.45) is 1.37. The highest BCUT2D eigenvalue weighted by Gasteiger charge is 2.14. The molecule has 1 N–H and O–H groups in total. The SMILES string of the molecule is COc1ccc(C(=O)Oc2ccc3ccccc3c2/C=N\NC(=O)c2ccccc2F)cc1. The number of esters is 1. The van der Waals surface area contributed by atoms with Gasteiger partial charge in [0.25, 0.3) is 5.91 Å². The van der Waals surface area contributed by atoms with E-state index in [0.717, 1.165) is 10.8 Å². The Morgan fingerprint density at radius 3 is 2.39 bits per heavy atom. The number of amides is 1. The van der Waals surface area contributed by atoms with Crippen LogP contribution in [0.1, 0.15) is 26.3 Å². The molecule has 0 bridgehead atoms. The summed E-state index contributed by atoms with van der Waals surface area (Å²) < 4.78 is 24.6. The molecule has 164 valence electrons. The number of hydrogen-bond acceptors (Lipinski definition) is 5. The Balaban J connectivity index is 1.62. The summed E-state index contributed by atoms with van der Waals surface area (Å²) in [5.74, 6) is -1.02. The first-order valence-corrected chi connectivity index (χ1v) is 10.0. The van der Waals surface area contributed by atoms with Gasteiger partial charge in [-0.05, 0) is 53.2 Å². The molecular formula is C26H19FN2O4. The smallest absolute Gasteiger partial charge is 0.343 e. The van der Waals surface area contributed by atoms with Crippen LogP contribution in [0.5, 0.6) is 11.5 Å². The van der Waals surface area contributed by atoms with Crippen molar-refractivity contribution in [1.29, 1.82) is 0 Å². The van der Waals surface area contributed by atoms with Crippen molar-refractivity contribution >= 4 is 28.9 Å². The molecule has 7 heteroatoms. The highest BCUT2D eigenvalue weighted by atomic mass is 19.1. The Morgan fingerprint density at radius 1 is 0.909 bits per heavy atom. The minimum atomic E-state index is -0.693. The van der Waals surface area contributed by atoms with Crippen LogP contribution in [0.25, 0.3) is 10.8 Å². The van der Waals surface area contributed by atoms with Gasteiger partial charge in [0, 0.05) is 5.56 Å². The van der Waals surface area contributed by atoms with Crippen LogP contribution in [0.4, 0.5) is 4.39 Å². The minimum Gasteiger partial charge on any atom is -0.497 e. The molecule has 6 nitrogen and oxygen atoms in total. The van der Waals surface area contributed by atoms with E-state index in [4.69, 9.17) is 9.47 Å². The van der Waals surface area contributed by atoms with E-state index in [9.17, 15) is 14.0 Å². The molecule has 0 spiro atoms. The number of ether oxygens (including phenoxy) is 2. The predicted molar refractivity (Wildman–Crippen MR) is 123 cm³/mol. The lowest BCUT2D eigenvalue weighted by Gasteiger charge is -2.11. The summed E-state index contributed by atoms with van der Waals surface area (Å²) in [7, 11) is 1.54. The second-order valence-electron chi connectivity index (χ2n) is 7.00. The van der Waals surface area contributed by atoms with Gasteiger partial charge in [0.05, 0.1) is 24.5 Å². The maximum atomic E-state index is 13.8. The van der Waals surface area contributed by atoms with E-state index in [1.807, 2.05) is 30.3 Å². The average molecular weight is 442 g/mol. The number of benzene rings is 4. The molecule has 4 aromatic rings. The van der Waals surface area contributed by atoms with E-state index in [1.165, 1.54) is 24.4 Å². The third-order valence-electron chi connectivity index (χ3n) is 4.94. The summed E-state index contributed by atoms with van der Waals surface area (Å²) in [5.41, 5.74) is 3.02. The molecule has 0 fully saturated rings. The van der Waals surface area contributed by atoms with E-state index < -0.39 is 17.7 Å². The van der Waals surface area contributed by atoms with Crippen LogP contribution in [0.3, 0.4) is 0 Å². The van der Waals surface area contributed by atoms with Gasteiger partial charge < -0.3 is 9.47 Å². The van der Waals surface area contributed by atoms with Crippen LogP contribution >= 0.6 is 0 Å². The van der Waals surface area contributed by atoms with Gasteiger partial charge >= 0.3 is 5.97 Å². The van der Waals surface area contributed by atoms with Gasteiger partial charge in [-0.2, -0.15) is 5.10 Å². The molecule has 0 aliphatic carbocycles. The molecule has 0 atom stereocenters. The Kier molecular flexibility index (Phi) is 6.40. The fourth-order valence-corrected chi connectivity index (χ4v) is 3.24. The number of carbonyl (C=O) groups excluding carboxylic acids is 2. The van der Waals surface area contributed by atoms with Crippen molar-refractivity contribution in [3.63, 3.8) is 0 Å².